The van der Waals surface area contributed by atoms with E-state index in [9.17, 15) is 14.4 Å². The van der Waals surface area contributed by atoms with Crippen molar-refractivity contribution in [3.8, 4) is 16.9 Å². The molecule has 0 unspecified atom stereocenters. The first-order valence-corrected chi connectivity index (χ1v) is 13.4. The number of hydrogen-bond donors (Lipinski definition) is 1. The fraction of sp³-hybridized carbons (Fsp3) is 0.344. The summed E-state index contributed by atoms with van der Waals surface area (Å²) in [6, 6.07) is 20.8. The Morgan fingerprint density at radius 3 is 2.36 bits per heavy atom. The van der Waals surface area contributed by atoms with E-state index in [1.54, 1.807) is 18.2 Å². The van der Waals surface area contributed by atoms with E-state index in [0.717, 1.165) is 34.6 Å². The topological polar surface area (TPSA) is 94.8 Å². The van der Waals surface area contributed by atoms with Crippen LogP contribution < -0.4 is 15.7 Å². The van der Waals surface area contributed by atoms with Gasteiger partial charge in [-0.2, -0.15) is 0 Å². The molecule has 202 valence electrons. The van der Waals surface area contributed by atoms with Crippen molar-refractivity contribution in [2.24, 2.45) is 11.8 Å². The van der Waals surface area contributed by atoms with Crippen LogP contribution >= 0.6 is 0 Å². The number of carbonyl (C=O) groups excluding carboxylic acids is 2. The minimum Gasteiger partial charge on any atom is -0.444 e. The molecule has 7 heteroatoms. The maximum absolute atomic E-state index is 12.8. The zero-order valence-corrected chi connectivity index (χ0v) is 22.5. The average Bonchev–Trinajstić information content (AvgIpc) is 2.90. The van der Waals surface area contributed by atoms with Gasteiger partial charge in [0.1, 0.15) is 16.9 Å². The normalized spacial score (nSPS) is 17.6. The summed E-state index contributed by atoms with van der Waals surface area (Å²) >= 11 is 0. The molecular formula is C32H33NO6. The van der Waals surface area contributed by atoms with Gasteiger partial charge in [0.25, 0.3) is 0 Å². The molecule has 1 saturated carbocycles. The van der Waals surface area contributed by atoms with Crippen LogP contribution in [0.2, 0.25) is 0 Å². The second kappa shape index (κ2) is 10.9. The summed E-state index contributed by atoms with van der Waals surface area (Å²) in [4.78, 5) is 37.6. The zero-order chi connectivity index (χ0) is 27.6. The van der Waals surface area contributed by atoms with Crippen molar-refractivity contribution >= 4 is 33.8 Å². The molecule has 0 saturated heterocycles. The third-order valence-electron chi connectivity index (χ3n) is 7.10. The van der Waals surface area contributed by atoms with Crippen LogP contribution in [0.3, 0.4) is 0 Å². The molecule has 0 atom stereocenters. The summed E-state index contributed by atoms with van der Waals surface area (Å²) in [5.74, 6) is 0.153. The first kappa shape index (κ1) is 26.5. The fourth-order valence-corrected chi connectivity index (χ4v) is 5.06. The smallest absolute Gasteiger partial charge is 0.407 e. The van der Waals surface area contributed by atoms with Gasteiger partial charge < -0.3 is 19.2 Å². The van der Waals surface area contributed by atoms with E-state index in [0.29, 0.717) is 42.2 Å². The quantitative estimate of drug-likeness (QED) is 0.173. The maximum atomic E-state index is 12.8. The van der Waals surface area contributed by atoms with Gasteiger partial charge in [0, 0.05) is 18.0 Å². The van der Waals surface area contributed by atoms with Gasteiger partial charge in [-0.15, -0.1) is 0 Å². The molecular weight excluding hydrogens is 494 g/mol. The van der Waals surface area contributed by atoms with Crippen molar-refractivity contribution in [3.05, 3.63) is 77.2 Å². The lowest BCUT2D eigenvalue weighted by Crippen LogP contribution is -2.36. The monoisotopic (exact) mass is 527 g/mol. The molecule has 0 bridgehead atoms. The molecule has 0 spiro atoms. The Labute approximate surface area is 227 Å². The largest absolute Gasteiger partial charge is 0.444 e. The lowest BCUT2D eigenvalue weighted by molar-refractivity contribution is -0.140. The van der Waals surface area contributed by atoms with Gasteiger partial charge in [-0.25, -0.2) is 9.59 Å². The molecule has 3 aromatic carbocycles. The molecule has 5 rings (SSSR count). The summed E-state index contributed by atoms with van der Waals surface area (Å²) in [6.45, 7) is 6.02. The van der Waals surface area contributed by atoms with Gasteiger partial charge in [0.05, 0.1) is 11.5 Å². The lowest BCUT2D eigenvalue weighted by atomic mass is 9.82. The van der Waals surface area contributed by atoms with Crippen molar-refractivity contribution in [2.75, 3.05) is 6.54 Å². The standard InChI is InChI=1S/C32H33NO6/c1-32(2,3)39-31(36)33-19-20-8-10-22(11-9-20)29(34)37-26-15-14-25-17-27(30(35)38-28(25)18-26)24-13-12-21-6-4-5-7-23(21)16-24/h4-7,12-18,20,22H,8-11,19H2,1-3H3,(H,33,36). The van der Waals surface area contributed by atoms with E-state index in [1.807, 2.05) is 69.3 Å². The van der Waals surface area contributed by atoms with Crippen LogP contribution in [-0.4, -0.2) is 24.2 Å². The Morgan fingerprint density at radius 2 is 1.62 bits per heavy atom. The van der Waals surface area contributed by atoms with Crippen molar-refractivity contribution in [1.29, 1.82) is 0 Å². The predicted octanol–water partition coefficient (Wildman–Crippen LogP) is 6.85. The highest BCUT2D eigenvalue weighted by molar-refractivity contribution is 5.89. The number of carbonyl (C=O) groups is 2. The summed E-state index contributed by atoms with van der Waals surface area (Å²) in [7, 11) is 0. The first-order chi connectivity index (χ1) is 18.6. The van der Waals surface area contributed by atoms with Crippen LogP contribution in [0.1, 0.15) is 46.5 Å². The highest BCUT2D eigenvalue weighted by Gasteiger charge is 2.28. The summed E-state index contributed by atoms with van der Waals surface area (Å²) in [5.41, 5.74) is 0.662. The summed E-state index contributed by atoms with van der Waals surface area (Å²) < 4.78 is 16.6. The van der Waals surface area contributed by atoms with Gasteiger partial charge in [0.15, 0.2) is 0 Å². The number of fused-ring (bicyclic) bond motifs is 2. The van der Waals surface area contributed by atoms with Gasteiger partial charge in [-0.3, -0.25) is 4.79 Å². The Bertz CT molecular complexity index is 1570. The van der Waals surface area contributed by atoms with E-state index < -0.39 is 17.3 Å². The molecule has 7 nitrogen and oxygen atoms in total. The SMILES string of the molecule is CC(C)(C)OC(=O)NCC1CCC(C(=O)Oc2ccc3cc(-c4ccc5ccccc5c4)c(=O)oc3c2)CC1. The second-order valence-corrected chi connectivity index (χ2v) is 11.2. The predicted molar refractivity (Wildman–Crippen MR) is 151 cm³/mol. The fourth-order valence-electron chi connectivity index (χ4n) is 5.06. The third-order valence-corrected chi connectivity index (χ3v) is 7.10. The molecule has 1 amide bonds. The van der Waals surface area contributed by atoms with Crippen LogP contribution in [0, 0.1) is 11.8 Å². The van der Waals surface area contributed by atoms with E-state index >= 15 is 0 Å². The van der Waals surface area contributed by atoms with E-state index in [2.05, 4.69) is 5.32 Å². The van der Waals surface area contributed by atoms with Crippen molar-refractivity contribution in [3.63, 3.8) is 0 Å². The first-order valence-electron chi connectivity index (χ1n) is 13.4. The Kier molecular flexibility index (Phi) is 7.42. The summed E-state index contributed by atoms with van der Waals surface area (Å²) in [5, 5.41) is 5.72. The number of ether oxygens (including phenoxy) is 2. The number of benzene rings is 3. The van der Waals surface area contributed by atoms with Crippen molar-refractivity contribution in [1.82, 2.24) is 5.32 Å². The lowest BCUT2D eigenvalue weighted by Gasteiger charge is -2.28. The molecule has 0 aliphatic heterocycles. The third kappa shape index (κ3) is 6.48. The minimum absolute atomic E-state index is 0.208. The number of amides is 1. The highest BCUT2D eigenvalue weighted by atomic mass is 16.6. The molecule has 1 heterocycles. The maximum Gasteiger partial charge on any atom is 0.407 e. The molecule has 1 aliphatic carbocycles. The van der Waals surface area contributed by atoms with Crippen LogP contribution in [0.15, 0.2) is 75.9 Å². The van der Waals surface area contributed by atoms with Crippen LogP contribution in [-0.2, 0) is 9.53 Å². The Balaban J connectivity index is 1.20. The van der Waals surface area contributed by atoms with Crippen molar-refractivity contribution < 1.29 is 23.5 Å². The van der Waals surface area contributed by atoms with Gasteiger partial charge >= 0.3 is 17.7 Å². The molecule has 39 heavy (non-hydrogen) atoms. The van der Waals surface area contributed by atoms with Crippen LogP contribution in [0.25, 0.3) is 32.9 Å². The van der Waals surface area contributed by atoms with Gasteiger partial charge in [-0.05, 0) is 93.0 Å². The van der Waals surface area contributed by atoms with E-state index in [1.165, 1.54) is 0 Å². The van der Waals surface area contributed by atoms with Crippen LogP contribution in [0.5, 0.6) is 5.75 Å². The second-order valence-electron chi connectivity index (χ2n) is 11.2. The zero-order valence-electron chi connectivity index (χ0n) is 22.5. The molecule has 1 fully saturated rings. The molecule has 1 aliphatic rings. The number of esters is 1. The number of alkyl carbamates (subject to hydrolysis) is 1. The molecule has 1 N–H and O–H groups in total. The van der Waals surface area contributed by atoms with E-state index in [-0.39, 0.29) is 11.9 Å². The van der Waals surface area contributed by atoms with E-state index in [4.69, 9.17) is 13.9 Å². The number of nitrogens with one attached hydrogen (secondary N) is 1. The Hall–Kier alpha value is -4.13. The Morgan fingerprint density at radius 1 is 0.897 bits per heavy atom. The van der Waals surface area contributed by atoms with Gasteiger partial charge in [0.2, 0.25) is 0 Å². The highest BCUT2D eigenvalue weighted by Crippen LogP contribution is 2.31. The summed E-state index contributed by atoms with van der Waals surface area (Å²) in [6.07, 6.45) is 2.60. The number of rotatable bonds is 5. The molecule has 4 aromatic rings. The van der Waals surface area contributed by atoms with Gasteiger partial charge in [-0.1, -0.05) is 36.4 Å². The minimum atomic E-state index is -0.531. The van der Waals surface area contributed by atoms with Crippen molar-refractivity contribution in [2.45, 2.75) is 52.1 Å². The van der Waals surface area contributed by atoms with Crippen LogP contribution in [0.4, 0.5) is 4.79 Å². The molecule has 1 aromatic heterocycles. The average molecular weight is 528 g/mol. The molecule has 0 radical (unpaired) electrons. The number of hydrogen-bond acceptors (Lipinski definition) is 6.